The number of hydrogen-bond acceptors (Lipinski definition) is 2. The molecular formula is C9H14ClN3O. The zero-order chi connectivity index (χ0) is 9.97. The number of piperidine rings is 1. The lowest BCUT2D eigenvalue weighted by Crippen LogP contribution is -2.34. The van der Waals surface area contributed by atoms with E-state index < -0.39 is 0 Å². The van der Waals surface area contributed by atoms with Gasteiger partial charge >= 0.3 is 5.69 Å². The molecule has 1 aliphatic heterocycles. The Hall–Kier alpha value is -0.740. The molecule has 1 aliphatic rings. The first-order valence-electron chi connectivity index (χ1n) is 4.92. The molecule has 1 atom stereocenters. The summed E-state index contributed by atoms with van der Waals surface area (Å²) >= 11 is 5.88. The Balaban J connectivity index is 2.06. The topological polar surface area (TPSA) is 49.8 Å². The van der Waals surface area contributed by atoms with Crippen LogP contribution in [0.4, 0.5) is 0 Å². The van der Waals surface area contributed by atoms with Gasteiger partial charge in [-0.2, -0.15) is 0 Å². The molecule has 0 radical (unpaired) electrons. The highest BCUT2D eigenvalue weighted by Crippen LogP contribution is 2.14. The van der Waals surface area contributed by atoms with Crippen molar-refractivity contribution < 1.29 is 0 Å². The fourth-order valence-corrected chi connectivity index (χ4v) is 2.08. The van der Waals surface area contributed by atoms with Gasteiger partial charge in [-0.3, -0.25) is 4.57 Å². The van der Waals surface area contributed by atoms with E-state index in [1.165, 1.54) is 12.8 Å². The van der Waals surface area contributed by atoms with E-state index in [0.717, 1.165) is 13.1 Å². The smallest absolute Gasteiger partial charge is 0.316 e. The van der Waals surface area contributed by atoms with E-state index in [0.29, 0.717) is 17.6 Å². The quantitative estimate of drug-likeness (QED) is 0.768. The maximum Gasteiger partial charge on any atom is 0.326 e. The van der Waals surface area contributed by atoms with Crippen LogP contribution in [0.15, 0.2) is 11.0 Å². The summed E-state index contributed by atoms with van der Waals surface area (Å²) in [6.07, 6.45) is 3.89. The lowest BCUT2D eigenvalue weighted by atomic mass is 10.00. The van der Waals surface area contributed by atoms with E-state index in [4.69, 9.17) is 11.6 Å². The van der Waals surface area contributed by atoms with Crippen molar-refractivity contribution >= 4 is 11.6 Å². The monoisotopic (exact) mass is 215 g/mol. The summed E-state index contributed by atoms with van der Waals surface area (Å²) in [6.45, 7) is 2.79. The standard InChI is InChI=1S/C9H14ClN3O/c10-8-5-12-9(14)13(8)6-7-2-1-3-11-4-7/h5,7,11H,1-4,6H2,(H,12,14). The number of aromatic amines is 1. The van der Waals surface area contributed by atoms with E-state index in [-0.39, 0.29) is 5.69 Å². The molecule has 1 fully saturated rings. The Morgan fingerprint density at radius 3 is 3.07 bits per heavy atom. The molecule has 1 saturated heterocycles. The number of imidazole rings is 1. The second-order valence-electron chi connectivity index (χ2n) is 3.74. The fourth-order valence-electron chi connectivity index (χ4n) is 1.88. The van der Waals surface area contributed by atoms with Crippen LogP contribution in [0.5, 0.6) is 0 Å². The van der Waals surface area contributed by atoms with Crippen molar-refractivity contribution in [2.45, 2.75) is 19.4 Å². The molecule has 1 aromatic rings. The molecule has 78 valence electrons. The van der Waals surface area contributed by atoms with Crippen molar-refractivity contribution in [3.8, 4) is 0 Å². The lowest BCUT2D eigenvalue weighted by molar-refractivity contribution is 0.334. The van der Waals surface area contributed by atoms with Crippen molar-refractivity contribution in [3.63, 3.8) is 0 Å². The molecule has 0 spiro atoms. The average Bonchev–Trinajstić information content (AvgIpc) is 2.51. The zero-order valence-corrected chi connectivity index (χ0v) is 8.68. The van der Waals surface area contributed by atoms with Gasteiger partial charge in [0.25, 0.3) is 0 Å². The van der Waals surface area contributed by atoms with E-state index in [9.17, 15) is 4.79 Å². The summed E-state index contributed by atoms with van der Waals surface area (Å²) in [6, 6.07) is 0. The van der Waals surface area contributed by atoms with Crippen LogP contribution in [0.25, 0.3) is 0 Å². The van der Waals surface area contributed by atoms with Gasteiger partial charge in [0.2, 0.25) is 0 Å². The fraction of sp³-hybridized carbons (Fsp3) is 0.667. The molecule has 0 aromatic carbocycles. The summed E-state index contributed by atoms with van der Waals surface area (Å²) in [5, 5.41) is 3.82. The van der Waals surface area contributed by atoms with Crippen LogP contribution in [-0.4, -0.2) is 22.6 Å². The summed E-state index contributed by atoms with van der Waals surface area (Å²) in [4.78, 5) is 13.9. The van der Waals surface area contributed by atoms with Gasteiger partial charge in [0, 0.05) is 12.7 Å². The Morgan fingerprint density at radius 2 is 2.50 bits per heavy atom. The Morgan fingerprint density at radius 1 is 1.64 bits per heavy atom. The second kappa shape index (κ2) is 4.19. The summed E-state index contributed by atoms with van der Waals surface area (Å²) < 4.78 is 1.60. The van der Waals surface area contributed by atoms with E-state index in [1.54, 1.807) is 10.8 Å². The molecule has 4 nitrogen and oxygen atoms in total. The van der Waals surface area contributed by atoms with Crippen molar-refractivity contribution in [1.29, 1.82) is 0 Å². The molecule has 2 heterocycles. The van der Waals surface area contributed by atoms with E-state index in [1.807, 2.05) is 0 Å². The number of H-pyrrole nitrogens is 1. The first kappa shape index (κ1) is 9.80. The summed E-state index contributed by atoms with van der Waals surface area (Å²) in [5.41, 5.74) is -0.111. The molecule has 0 amide bonds. The predicted molar refractivity (Wildman–Crippen MR) is 55.7 cm³/mol. The van der Waals surface area contributed by atoms with Crippen LogP contribution in [0, 0.1) is 5.92 Å². The van der Waals surface area contributed by atoms with E-state index >= 15 is 0 Å². The molecule has 1 aromatic heterocycles. The minimum Gasteiger partial charge on any atom is -0.316 e. The summed E-state index contributed by atoms with van der Waals surface area (Å²) in [5.74, 6) is 0.523. The number of nitrogens with one attached hydrogen (secondary N) is 2. The molecule has 1 unspecified atom stereocenters. The maximum absolute atomic E-state index is 11.3. The largest absolute Gasteiger partial charge is 0.326 e. The third-order valence-electron chi connectivity index (χ3n) is 2.66. The van der Waals surface area contributed by atoms with Crippen LogP contribution < -0.4 is 11.0 Å². The van der Waals surface area contributed by atoms with Crippen molar-refractivity contribution in [2.75, 3.05) is 13.1 Å². The third-order valence-corrected chi connectivity index (χ3v) is 2.97. The SMILES string of the molecule is O=c1[nH]cc(Cl)n1CC1CCCNC1. The average molecular weight is 216 g/mol. The summed E-state index contributed by atoms with van der Waals surface area (Å²) in [7, 11) is 0. The van der Waals surface area contributed by atoms with Crippen LogP contribution in [0.3, 0.4) is 0 Å². The molecule has 2 N–H and O–H groups in total. The van der Waals surface area contributed by atoms with E-state index in [2.05, 4.69) is 10.3 Å². The highest BCUT2D eigenvalue weighted by molar-refractivity contribution is 6.29. The number of nitrogens with zero attached hydrogens (tertiary/aromatic N) is 1. The van der Waals surface area contributed by atoms with Gasteiger partial charge in [0.05, 0.1) is 0 Å². The molecule has 0 bridgehead atoms. The number of aromatic nitrogens is 2. The number of halogens is 1. The zero-order valence-electron chi connectivity index (χ0n) is 7.92. The van der Waals surface area contributed by atoms with Gasteiger partial charge in [0.15, 0.2) is 0 Å². The lowest BCUT2D eigenvalue weighted by Gasteiger charge is -2.22. The minimum absolute atomic E-state index is 0.111. The first-order valence-corrected chi connectivity index (χ1v) is 5.29. The highest BCUT2D eigenvalue weighted by Gasteiger charge is 2.15. The third kappa shape index (κ3) is 2.01. The molecule has 0 aliphatic carbocycles. The van der Waals surface area contributed by atoms with Crippen LogP contribution >= 0.6 is 11.6 Å². The minimum atomic E-state index is -0.111. The van der Waals surface area contributed by atoms with Crippen molar-refractivity contribution in [3.05, 3.63) is 21.8 Å². The normalized spacial score (nSPS) is 22.5. The Labute approximate surface area is 87.3 Å². The van der Waals surface area contributed by atoms with Gasteiger partial charge in [-0.05, 0) is 31.8 Å². The highest BCUT2D eigenvalue weighted by atomic mass is 35.5. The molecular weight excluding hydrogens is 202 g/mol. The van der Waals surface area contributed by atoms with Gasteiger partial charge in [-0.25, -0.2) is 4.79 Å². The Kier molecular flexibility index (Phi) is 2.93. The van der Waals surface area contributed by atoms with Gasteiger partial charge in [0.1, 0.15) is 5.15 Å². The van der Waals surface area contributed by atoms with Crippen molar-refractivity contribution in [2.24, 2.45) is 5.92 Å². The van der Waals surface area contributed by atoms with Crippen LogP contribution in [0.1, 0.15) is 12.8 Å². The molecule has 2 rings (SSSR count). The predicted octanol–water partition coefficient (Wildman–Crippen LogP) is 0.829. The molecule has 0 saturated carbocycles. The number of hydrogen-bond donors (Lipinski definition) is 2. The maximum atomic E-state index is 11.3. The Bertz CT molecular complexity index is 351. The van der Waals surface area contributed by atoms with Crippen LogP contribution in [-0.2, 0) is 6.54 Å². The van der Waals surface area contributed by atoms with Crippen molar-refractivity contribution in [1.82, 2.24) is 14.9 Å². The molecule has 14 heavy (non-hydrogen) atoms. The first-order chi connectivity index (χ1) is 6.77. The molecule has 5 heteroatoms. The van der Waals surface area contributed by atoms with Crippen LogP contribution in [0.2, 0.25) is 5.15 Å². The second-order valence-corrected chi connectivity index (χ2v) is 4.13. The van der Waals surface area contributed by atoms with Gasteiger partial charge in [-0.1, -0.05) is 11.6 Å². The number of rotatable bonds is 2. The van der Waals surface area contributed by atoms with Gasteiger partial charge in [-0.15, -0.1) is 0 Å². The van der Waals surface area contributed by atoms with Gasteiger partial charge < -0.3 is 10.3 Å².